The van der Waals surface area contributed by atoms with Crippen molar-refractivity contribution in [2.75, 3.05) is 18.5 Å². The van der Waals surface area contributed by atoms with E-state index in [4.69, 9.17) is 9.47 Å². The summed E-state index contributed by atoms with van der Waals surface area (Å²) in [6.07, 6.45) is 2.66. The summed E-state index contributed by atoms with van der Waals surface area (Å²) in [5.74, 6) is -0.251. The maximum atomic E-state index is 12.4. The third-order valence-electron chi connectivity index (χ3n) is 4.32. The maximum absolute atomic E-state index is 12.4. The second kappa shape index (κ2) is 8.95. The van der Waals surface area contributed by atoms with Crippen LogP contribution in [-0.4, -0.2) is 31.3 Å². The zero-order valence-electron chi connectivity index (χ0n) is 14.7. The van der Waals surface area contributed by atoms with Crippen molar-refractivity contribution in [1.82, 2.24) is 0 Å². The van der Waals surface area contributed by atoms with Crippen LogP contribution in [0.2, 0.25) is 0 Å². The molecule has 1 aromatic heterocycles. The van der Waals surface area contributed by atoms with Crippen LogP contribution in [-0.2, 0) is 14.3 Å². The first-order valence-electron chi connectivity index (χ1n) is 8.81. The Kier molecular flexibility index (Phi) is 6.40. The van der Waals surface area contributed by atoms with Crippen molar-refractivity contribution in [2.24, 2.45) is 0 Å². The number of amides is 1. The molecule has 1 aliphatic rings. The molecule has 26 heavy (non-hydrogen) atoms. The van der Waals surface area contributed by atoms with E-state index in [1.807, 2.05) is 30.3 Å². The molecular formula is C20H22N2O3S. The molecule has 0 saturated carbocycles. The largest absolute Gasteiger partial charge is 0.376 e. The van der Waals surface area contributed by atoms with Gasteiger partial charge in [0, 0.05) is 11.5 Å². The number of carbonyl (C=O) groups is 1. The van der Waals surface area contributed by atoms with Gasteiger partial charge in [0.05, 0.1) is 18.3 Å². The van der Waals surface area contributed by atoms with Gasteiger partial charge in [0.25, 0.3) is 5.91 Å². The standard InChI is InChI=1S/C20H22N2O3S/c1-14(25-13-17-9-5-6-10-24-17)19(23)22-20-16(12-21)11-18(26-20)15-7-3-2-4-8-15/h2-4,7-8,11,14,17H,5-6,9-10,13H2,1H3,(H,22,23). The second-order valence-corrected chi connectivity index (χ2v) is 7.34. The molecule has 0 bridgehead atoms. The van der Waals surface area contributed by atoms with Crippen LogP contribution in [0.25, 0.3) is 10.4 Å². The van der Waals surface area contributed by atoms with Gasteiger partial charge >= 0.3 is 0 Å². The molecule has 0 aliphatic carbocycles. The summed E-state index contributed by atoms with van der Waals surface area (Å²) < 4.78 is 11.3. The normalized spacial score (nSPS) is 18.1. The minimum atomic E-state index is -0.602. The lowest BCUT2D eigenvalue weighted by Crippen LogP contribution is -2.32. The van der Waals surface area contributed by atoms with Crippen LogP contribution in [0, 0.1) is 11.3 Å². The van der Waals surface area contributed by atoms with Crippen molar-refractivity contribution in [3.8, 4) is 16.5 Å². The van der Waals surface area contributed by atoms with Crippen LogP contribution in [0.1, 0.15) is 31.7 Å². The molecule has 1 amide bonds. The van der Waals surface area contributed by atoms with Gasteiger partial charge in [0.15, 0.2) is 0 Å². The van der Waals surface area contributed by atoms with E-state index in [-0.39, 0.29) is 12.0 Å². The Balaban J connectivity index is 1.61. The molecule has 1 aliphatic heterocycles. The van der Waals surface area contributed by atoms with Crippen molar-refractivity contribution in [1.29, 1.82) is 5.26 Å². The average Bonchev–Trinajstić information content (AvgIpc) is 3.10. The molecular weight excluding hydrogens is 348 g/mol. The number of nitriles is 1. The van der Waals surface area contributed by atoms with E-state index >= 15 is 0 Å². The lowest BCUT2D eigenvalue weighted by atomic mass is 10.1. The third kappa shape index (κ3) is 4.70. The van der Waals surface area contributed by atoms with Crippen LogP contribution >= 0.6 is 11.3 Å². The van der Waals surface area contributed by atoms with Gasteiger partial charge in [-0.05, 0) is 37.8 Å². The molecule has 2 atom stereocenters. The number of carbonyl (C=O) groups excluding carboxylic acids is 1. The number of hydrogen-bond acceptors (Lipinski definition) is 5. The number of rotatable bonds is 6. The van der Waals surface area contributed by atoms with Crippen molar-refractivity contribution < 1.29 is 14.3 Å². The fourth-order valence-corrected chi connectivity index (χ4v) is 3.81. The molecule has 0 spiro atoms. The summed E-state index contributed by atoms with van der Waals surface area (Å²) in [7, 11) is 0. The minimum absolute atomic E-state index is 0.0695. The Labute approximate surface area is 157 Å². The van der Waals surface area contributed by atoms with Gasteiger partial charge in [-0.1, -0.05) is 30.3 Å². The van der Waals surface area contributed by atoms with E-state index < -0.39 is 6.10 Å². The second-order valence-electron chi connectivity index (χ2n) is 6.28. The summed E-state index contributed by atoms with van der Waals surface area (Å²) in [4.78, 5) is 13.4. The first-order chi connectivity index (χ1) is 12.7. The molecule has 1 N–H and O–H groups in total. The van der Waals surface area contributed by atoms with Gasteiger partial charge in [-0.3, -0.25) is 4.79 Å². The average molecular weight is 370 g/mol. The van der Waals surface area contributed by atoms with Crippen LogP contribution < -0.4 is 5.32 Å². The number of anilines is 1. The fourth-order valence-electron chi connectivity index (χ4n) is 2.79. The van der Waals surface area contributed by atoms with Crippen molar-refractivity contribution in [2.45, 2.75) is 38.4 Å². The van der Waals surface area contributed by atoms with Crippen molar-refractivity contribution in [3.05, 3.63) is 42.0 Å². The van der Waals surface area contributed by atoms with Gasteiger partial charge in [-0.25, -0.2) is 0 Å². The van der Waals surface area contributed by atoms with Crippen LogP contribution in [0.4, 0.5) is 5.00 Å². The predicted molar refractivity (Wildman–Crippen MR) is 102 cm³/mol. The summed E-state index contributed by atoms with van der Waals surface area (Å²) >= 11 is 1.39. The number of benzene rings is 1. The Morgan fingerprint density at radius 3 is 2.92 bits per heavy atom. The van der Waals surface area contributed by atoms with Gasteiger partial charge in [-0.2, -0.15) is 5.26 Å². The van der Waals surface area contributed by atoms with Crippen LogP contribution in [0.15, 0.2) is 36.4 Å². The highest BCUT2D eigenvalue weighted by molar-refractivity contribution is 7.19. The lowest BCUT2D eigenvalue weighted by molar-refractivity contribution is -0.130. The molecule has 2 aromatic rings. The third-order valence-corrected chi connectivity index (χ3v) is 5.42. The Morgan fingerprint density at radius 1 is 1.42 bits per heavy atom. The quantitative estimate of drug-likeness (QED) is 0.827. The molecule has 6 heteroatoms. The Bertz CT molecular complexity index is 776. The first kappa shape index (κ1) is 18.6. The van der Waals surface area contributed by atoms with E-state index in [1.54, 1.807) is 13.0 Å². The molecule has 5 nitrogen and oxygen atoms in total. The molecule has 136 valence electrons. The smallest absolute Gasteiger partial charge is 0.253 e. The maximum Gasteiger partial charge on any atom is 0.253 e. The Morgan fingerprint density at radius 2 is 2.23 bits per heavy atom. The van der Waals surface area contributed by atoms with E-state index in [9.17, 15) is 10.1 Å². The highest BCUT2D eigenvalue weighted by atomic mass is 32.1. The number of nitrogens with one attached hydrogen (secondary N) is 1. The van der Waals surface area contributed by atoms with Crippen molar-refractivity contribution in [3.63, 3.8) is 0 Å². The highest BCUT2D eigenvalue weighted by Gasteiger charge is 2.21. The van der Waals surface area contributed by atoms with Gasteiger partial charge in [-0.15, -0.1) is 11.3 Å². The number of hydrogen-bond donors (Lipinski definition) is 1. The molecule has 3 rings (SSSR count). The van der Waals surface area contributed by atoms with Gasteiger partial charge < -0.3 is 14.8 Å². The first-order valence-corrected chi connectivity index (χ1v) is 9.62. The number of nitrogens with zero attached hydrogens (tertiary/aromatic N) is 1. The van der Waals surface area contributed by atoms with Crippen LogP contribution in [0.5, 0.6) is 0 Å². The number of ether oxygens (including phenoxy) is 2. The zero-order chi connectivity index (χ0) is 18.4. The topological polar surface area (TPSA) is 71.3 Å². The van der Waals surface area contributed by atoms with E-state index in [0.29, 0.717) is 17.2 Å². The van der Waals surface area contributed by atoms with E-state index in [2.05, 4.69) is 11.4 Å². The van der Waals surface area contributed by atoms with E-state index in [0.717, 1.165) is 36.3 Å². The molecule has 2 unspecified atom stereocenters. The van der Waals surface area contributed by atoms with Gasteiger partial charge in [0.2, 0.25) is 0 Å². The monoisotopic (exact) mass is 370 g/mol. The predicted octanol–water partition coefficient (Wildman–Crippen LogP) is 4.20. The Hall–Kier alpha value is -2.20. The molecule has 1 fully saturated rings. The minimum Gasteiger partial charge on any atom is -0.376 e. The van der Waals surface area contributed by atoms with Crippen LogP contribution in [0.3, 0.4) is 0 Å². The summed E-state index contributed by atoms with van der Waals surface area (Å²) in [6, 6.07) is 13.8. The highest BCUT2D eigenvalue weighted by Crippen LogP contribution is 2.35. The molecule has 2 heterocycles. The summed E-state index contributed by atoms with van der Waals surface area (Å²) in [5, 5.41) is 12.7. The van der Waals surface area contributed by atoms with E-state index in [1.165, 1.54) is 11.3 Å². The lowest BCUT2D eigenvalue weighted by Gasteiger charge is -2.23. The summed E-state index contributed by atoms with van der Waals surface area (Å²) in [5.41, 5.74) is 1.48. The molecule has 1 saturated heterocycles. The summed E-state index contributed by atoms with van der Waals surface area (Å²) in [6.45, 7) is 2.90. The molecule has 0 radical (unpaired) electrons. The zero-order valence-corrected chi connectivity index (χ0v) is 15.6. The van der Waals surface area contributed by atoms with Gasteiger partial charge in [0.1, 0.15) is 17.2 Å². The fraction of sp³-hybridized carbons (Fsp3) is 0.400. The SMILES string of the molecule is CC(OCC1CCCCO1)C(=O)Nc1sc(-c2ccccc2)cc1C#N. The van der Waals surface area contributed by atoms with Crippen molar-refractivity contribution >= 4 is 22.2 Å². The number of thiophene rings is 1. The molecule has 1 aromatic carbocycles.